The molecule has 0 aliphatic heterocycles. The summed E-state index contributed by atoms with van der Waals surface area (Å²) < 4.78 is 1.78. The molecule has 0 amide bonds. The summed E-state index contributed by atoms with van der Waals surface area (Å²) in [5.74, 6) is 0. The third-order valence-corrected chi connectivity index (χ3v) is 1.74. The molecule has 0 unspecified atom stereocenters. The van der Waals surface area contributed by atoms with Gasteiger partial charge in [0.2, 0.25) is 0 Å². The van der Waals surface area contributed by atoms with Crippen molar-refractivity contribution in [3.8, 4) is 0 Å². The van der Waals surface area contributed by atoms with Crippen LogP contribution < -0.4 is 5.73 Å². The maximum atomic E-state index is 5.60. The van der Waals surface area contributed by atoms with Crippen molar-refractivity contribution in [3.05, 3.63) is 30.1 Å². The second-order valence-electron chi connectivity index (χ2n) is 2.62. The topological polar surface area (TPSA) is 43.3 Å². The minimum absolute atomic E-state index is 0.756. The predicted octanol–water partition coefficient (Wildman–Crippen LogP) is 2.25. The molecule has 0 aliphatic rings. The van der Waals surface area contributed by atoms with Gasteiger partial charge >= 0.3 is 0 Å². The highest BCUT2D eigenvalue weighted by Gasteiger charge is 1.97. The van der Waals surface area contributed by atoms with Crippen molar-refractivity contribution >= 4 is 11.2 Å². The molecule has 2 rings (SSSR count). The summed E-state index contributed by atoms with van der Waals surface area (Å²) in [4.78, 5) is 0. The van der Waals surface area contributed by atoms with Gasteiger partial charge in [-0.1, -0.05) is 13.8 Å². The number of nitrogen functional groups attached to an aromatic ring is 1. The monoisotopic (exact) mass is 177 g/mol. The lowest BCUT2D eigenvalue weighted by Gasteiger charge is -1.94. The van der Waals surface area contributed by atoms with Gasteiger partial charge in [-0.15, -0.1) is 0 Å². The van der Waals surface area contributed by atoms with Crippen LogP contribution in [0.25, 0.3) is 5.52 Å². The smallest absolute Gasteiger partial charge is 0.0697 e. The number of anilines is 1. The number of hydrogen-bond donors (Lipinski definition) is 1. The van der Waals surface area contributed by atoms with Gasteiger partial charge in [0.05, 0.1) is 17.4 Å². The third kappa shape index (κ3) is 1.80. The maximum absolute atomic E-state index is 5.60. The highest BCUT2D eigenvalue weighted by Crippen LogP contribution is 2.13. The summed E-state index contributed by atoms with van der Waals surface area (Å²) in [6.45, 7) is 6.04. The van der Waals surface area contributed by atoms with Crippen LogP contribution in [-0.2, 0) is 0 Å². The molecule has 0 radical (unpaired) electrons. The first-order valence-electron chi connectivity index (χ1n) is 4.47. The van der Waals surface area contributed by atoms with Crippen LogP contribution in [-0.4, -0.2) is 9.61 Å². The molecule has 0 saturated carbocycles. The number of nitrogens with zero attached hydrogens (tertiary/aromatic N) is 2. The average Bonchev–Trinajstić information content (AvgIpc) is 2.51. The normalized spacial score (nSPS) is 9.46. The van der Waals surface area contributed by atoms with Crippen molar-refractivity contribution in [2.24, 2.45) is 0 Å². The van der Waals surface area contributed by atoms with Gasteiger partial charge in [0.25, 0.3) is 0 Å². The third-order valence-electron chi connectivity index (χ3n) is 1.74. The number of fused-ring (bicyclic) bond motifs is 1. The second-order valence-corrected chi connectivity index (χ2v) is 2.62. The van der Waals surface area contributed by atoms with Crippen LogP contribution >= 0.6 is 0 Å². The lowest BCUT2D eigenvalue weighted by molar-refractivity contribution is 0.934. The summed E-state index contributed by atoms with van der Waals surface area (Å²) in [6.07, 6.45) is 3.57. The summed E-state index contributed by atoms with van der Waals surface area (Å²) in [5.41, 5.74) is 8.62. The molecule has 2 heterocycles. The van der Waals surface area contributed by atoms with E-state index >= 15 is 0 Å². The van der Waals surface area contributed by atoms with Gasteiger partial charge in [-0.25, -0.2) is 4.52 Å². The van der Waals surface area contributed by atoms with E-state index in [1.807, 2.05) is 39.1 Å². The van der Waals surface area contributed by atoms with Gasteiger partial charge in [-0.3, -0.25) is 0 Å². The number of rotatable bonds is 0. The highest BCUT2D eigenvalue weighted by molar-refractivity contribution is 5.61. The van der Waals surface area contributed by atoms with Crippen LogP contribution in [0.4, 0.5) is 5.69 Å². The molecule has 70 valence electrons. The SMILES string of the molecule is CC.Cc1ccnn2cc(N)cc12. The molecular weight excluding hydrogens is 162 g/mol. The molecule has 0 fully saturated rings. The van der Waals surface area contributed by atoms with E-state index in [0.717, 1.165) is 11.2 Å². The molecule has 2 N–H and O–H groups in total. The van der Waals surface area contributed by atoms with Gasteiger partial charge in [0.15, 0.2) is 0 Å². The molecule has 0 bridgehead atoms. The molecule has 0 aromatic carbocycles. The Hall–Kier alpha value is -1.51. The van der Waals surface area contributed by atoms with Crippen molar-refractivity contribution in [2.45, 2.75) is 20.8 Å². The number of aryl methyl sites for hydroxylation is 1. The summed E-state index contributed by atoms with van der Waals surface area (Å²) in [7, 11) is 0. The molecule has 0 atom stereocenters. The lowest BCUT2D eigenvalue weighted by atomic mass is 10.3. The molecule has 0 aliphatic carbocycles. The van der Waals surface area contributed by atoms with Crippen molar-refractivity contribution in [1.82, 2.24) is 9.61 Å². The Morgan fingerprint density at radius 2 is 2.08 bits per heavy atom. The van der Waals surface area contributed by atoms with Gasteiger partial charge in [0, 0.05) is 6.20 Å². The van der Waals surface area contributed by atoms with Gasteiger partial charge in [-0.05, 0) is 24.6 Å². The maximum Gasteiger partial charge on any atom is 0.0697 e. The second kappa shape index (κ2) is 3.94. The van der Waals surface area contributed by atoms with E-state index in [9.17, 15) is 0 Å². The standard InChI is InChI=1S/C8H9N3.C2H6/c1-6-2-3-10-11-5-7(9)4-8(6)11;1-2/h2-5H,9H2,1H3;1-2H3. The number of aromatic nitrogens is 2. The summed E-state index contributed by atoms with van der Waals surface area (Å²) in [5, 5.41) is 4.10. The van der Waals surface area contributed by atoms with E-state index in [-0.39, 0.29) is 0 Å². The van der Waals surface area contributed by atoms with Crippen molar-refractivity contribution in [3.63, 3.8) is 0 Å². The molecule has 3 nitrogen and oxygen atoms in total. The molecule has 2 aromatic heterocycles. The Balaban J connectivity index is 0.000000396. The number of hydrogen-bond acceptors (Lipinski definition) is 2. The first-order chi connectivity index (χ1) is 6.27. The zero-order valence-corrected chi connectivity index (χ0v) is 8.28. The summed E-state index contributed by atoms with van der Waals surface area (Å²) >= 11 is 0. The summed E-state index contributed by atoms with van der Waals surface area (Å²) in [6, 6.07) is 3.89. The minimum atomic E-state index is 0.756. The Morgan fingerprint density at radius 1 is 1.38 bits per heavy atom. The van der Waals surface area contributed by atoms with Crippen LogP contribution in [0.15, 0.2) is 24.5 Å². The number of nitrogens with two attached hydrogens (primary N) is 1. The van der Waals surface area contributed by atoms with Gasteiger partial charge in [-0.2, -0.15) is 5.10 Å². The van der Waals surface area contributed by atoms with Gasteiger partial charge < -0.3 is 5.73 Å². The quantitative estimate of drug-likeness (QED) is 0.670. The van der Waals surface area contributed by atoms with E-state index in [1.165, 1.54) is 5.56 Å². The van der Waals surface area contributed by atoms with Crippen LogP contribution in [0.2, 0.25) is 0 Å². The molecule has 13 heavy (non-hydrogen) atoms. The van der Waals surface area contributed by atoms with Crippen LogP contribution in [0.3, 0.4) is 0 Å². The van der Waals surface area contributed by atoms with Crippen molar-refractivity contribution in [2.75, 3.05) is 5.73 Å². The van der Waals surface area contributed by atoms with E-state index < -0.39 is 0 Å². The van der Waals surface area contributed by atoms with Gasteiger partial charge in [0.1, 0.15) is 0 Å². The largest absolute Gasteiger partial charge is 0.397 e. The minimum Gasteiger partial charge on any atom is -0.397 e. The molecule has 2 aromatic rings. The van der Waals surface area contributed by atoms with Crippen LogP contribution in [0.5, 0.6) is 0 Å². The van der Waals surface area contributed by atoms with E-state index in [2.05, 4.69) is 5.10 Å². The fourth-order valence-electron chi connectivity index (χ4n) is 1.16. The zero-order valence-electron chi connectivity index (χ0n) is 8.28. The first-order valence-corrected chi connectivity index (χ1v) is 4.47. The molecule has 0 saturated heterocycles. The van der Waals surface area contributed by atoms with E-state index in [4.69, 9.17) is 5.73 Å². The molecule has 0 spiro atoms. The average molecular weight is 177 g/mol. The Kier molecular flexibility index (Phi) is 2.90. The van der Waals surface area contributed by atoms with E-state index in [0.29, 0.717) is 0 Å². The Labute approximate surface area is 78.2 Å². The fraction of sp³-hybridized carbons (Fsp3) is 0.300. The Morgan fingerprint density at radius 3 is 2.69 bits per heavy atom. The Bertz CT molecular complexity index is 390. The molecular formula is C10H15N3. The van der Waals surface area contributed by atoms with Crippen molar-refractivity contribution < 1.29 is 0 Å². The first kappa shape index (κ1) is 9.58. The lowest BCUT2D eigenvalue weighted by Crippen LogP contribution is -1.89. The van der Waals surface area contributed by atoms with Crippen LogP contribution in [0.1, 0.15) is 19.4 Å². The molecule has 3 heteroatoms. The zero-order chi connectivity index (χ0) is 9.84. The highest BCUT2D eigenvalue weighted by atomic mass is 15.2. The van der Waals surface area contributed by atoms with E-state index in [1.54, 1.807) is 10.7 Å². The van der Waals surface area contributed by atoms with Crippen molar-refractivity contribution in [1.29, 1.82) is 0 Å². The fourth-order valence-corrected chi connectivity index (χ4v) is 1.16. The predicted molar refractivity (Wildman–Crippen MR) is 55.7 cm³/mol. The van der Waals surface area contributed by atoms with Crippen LogP contribution in [0, 0.1) is 6.92 Å².